The van der Waals surface area contributed by atoms with Gasteiger partial charge in [-0.3, -0.25) is 9.59 Å². The number of nitrogens with two attached hydrogens (primary N) is 1. The van der Waals surface area contributed by atoms with Crippen molar-refractivity contribution in [1.29, 1.82) is 0 Å². The van der Waals surface area contributed by atoms with Gasteiger partial charge in [-0.15, -0.1) is 11.3 Å². The van der Waals surface area contributed by atoms with Crippen molar-refractivity contribution >= 4 is 34.1 Å². The minimum atomic E-state index is -0.868. The zero-order chi connectivity index (χ0) is 17.7. The molecule has 1 aromatic carbocycles. The Morgan fingerprint density at radius 1 is 1.29 bits per heavy atom. The summed E-state index contributed by atoms with van der Waals surface area (Å²) in [5.41, 5.74) is 5.26. The van der Waals surface area contributed by atoms with Crippen LogP contribution in [0.25, 0.3) is 0 Å². The van der Waals surface area contributed by atoms with Crippen molar-refractivity contribution in [3.05, 3.63) is 46.6 Å². The summed E-state index contributed by atoms with van der Waals surface area (Å²) in [6.45, 7) is -0.595. The van der Waals surface area contributed by atoms with Crippen LogP contribution in [0.4, 0.5) is 9.39 Å². The van der Waals surface area contributed by atoms with E-state index in [0.29, 0.717) is 0 Å². The lowest BCUT2D eigenvalue weighted by Gasteiger charge is -2.07. The number of primary amides is 1. The van der Waals surface area contributed by atoms with Gasteiger partial charge in [0.1, 0.15) is 5.00 Å². The lowest BCUT2D eigenvalue weighted by molar-refractivity contribution is -0.119. The molecule has 0 saturated carbocycles. The third kappa shape index (κ3) is 4.07. The highest BCUT2D eigenvalue weighted by Crippen LogP contribution is 2.22. The molecule has 0 aliphatic heterocycles. The van der Waals surface area contributed by atoms with Crippen molar-refractivity contribution in [3.8, 4) is 5.75 Å². The van der Waals surface area contributed by atoms with Gasteiger partial charge in [-0.05, 0) is 29.6 Å². The van der Waals surface area contributed by atoms with E-state index in [1.807, 2.05) is 0 Å². The van der Waals surface area contributed by atoms with Crippen molar-refractivity contribution in [2.75, 3.05) is 19.0 Å². The number of ether oxygens (including phenoxy) is 2. The number of hydrogen-bond donors (Lipinski definition) is 2. The van der Waals surface area contributed by atoms with Crippen molar-refractivity contribution in [2.24, 2.45) is 5.73 Å². The van der Waals surface area contributed by atoms with Gasteiger partial charge >= 0.3 is 5.97 Å². The maximum absolute atomic E-state index is 13.5. The Bertz CT molecular complexity index is 790. The van der Waals surface area contributed by atoms with Crippen LogP contribution in [-0.4, -0.2) is 31.5 Å². The molecule has 0 unspecified atom stereocenters. The van der Waals surface area contributed by atoms with Crippen LogP contribution in [0.2, 0.25) is 0 Å². The minimum absolute atomic E-state index is 0.0130. The summed E-state index contributed by atoms with van der Waals surface area (Å²) in [4.78, 5) is 34.7. The summed E-state index contributed by atoms with van der Waals surface area (Å²) in [6, 6.07) is 5.00. The van der Waals surface area contributed by atoms with Gasteiger partial charge in [-0.2, -0.15) is 0 Å². The zero-order valence-electron chi connectivity index (χ0n) is 12.5. The van der Waals surface area contributed by atoms with Crippen LogP contribution < -0.4 is 15.8 Å². The van der Waals surface area contributed by atoms with Crippen molar-refractivity contribution < 1.29 is 28.2 Å². The maximum Gasteiger partial charge on any atom is 0.338 e. The summed E-state index contributed by atoms with van der Waals surface area (Å²) >= 11 is 1.11. The van der Waals surface area contributed by atoms with E-state index >= 15 is 0 Å². The van der Waals surface area contributed by atoms with Crippen LogP contribution in [0.1, 0.15) is 20.7 Å². The van der Waals surface area contributed by atoms with E-state index < -0.39 is 30.2 Å². The van der Waals surface area contributed by atoms with E-state index in [1.54, 1.807) is 5.38 Å². The molecular weight excluding hydrogens is 339 g/mol. The predicted molar refractivity (Wildman–Crippen MR) is 84.7 cm³/mol. The molecule has 126 valence electrons. The first-order valence-corrected chi connectivity index (χ1v) is 7.48. The second kappa shape index (κ2) is 7.55. The number of benzene rings is 1. The molecule has 3 N–H and O–H groups in total. The summed E-state index contributed by atoms with van der Waals surface area (Å²) in [5.74, 6) is -2.94. The summed E-state index contributed by atoms with van der Waals surface area (Å²) in [5, 5.41) is 4.26. The molecule has 0 spiro atoms. The Kier molecular flexibility index (Phi) is 5.48. The molecule has 0 atom stereocenters. The normalized spacial score (nSPS) is 10.1. The van der Waals surface area contributed by atoms with E-state index in [1.165, 1.54) is 25.3 Å². The summed E-state index contributed by atoms with van der Waals surface area (Å²) < 4.78 is 23.1. The number of halogens is 1. The second-order valence-electron chi connectivity index (χ2n) is 4.50. The van der Waals surface area contributed by atoms with E-state index in [-0.39, 0.29) is 21.9 Å². The highest BCUT2D eigenvalue weighted by molar-refractivity contribution is 7.14. The second-order valence-corrected chi connectivity index (χ2v) is 5.42. The molecule has 0 radical (unpaired) electrons. The highest BCUT2D eigenvalue weighted by Gasteiger charge is 2.15. The number of carbonyl (C=O) groups excluding carboxylic acids is 3. The monoisotopic (exact) mass is 352 g/mol. The fraction of sp³-hybridized carbons (Fsp3) is 0.133. The van der Waals surface area contributed by atoms with Crippen molar-refractivity contribution in [3.63, 3.8) is 0 Å². The Morgan fingerprint density at radius 3 is 2.67 bits per heavy atom. The lowest BCUT2D eigenvalue weighted by atomic mass is 10.2. The molecule has 2 aromatic rings. The Hall–Kier alpha value is -2.94. The number of hydrogen-bond acceptors (Lipinski definition) is 6. The number of methoxy groups -OCH3 is 1. The minimum Gasteiger partial charge on any atom is -0.494 e. The number of esters is 1. The van der Waals surface area contributed by atoms with E-state index in [4.69, 9.17) is 15.2 Å². The predicted octanol–water partition coefficient (Wildman–Crippen LogP) is 1.79. The van der Waals surface area contributed by atoms with Crippen LogP contribution >= 0.6 is 11.3 Å². The van der Waals surface area contributed by atoms with E-state index in [2.05, 4.69) is 5.32 Å². The van der Waals surface area contributed by atoms with Gasteiger partial charge in [0, 0.05) is 0 Å². The molecular formula is C15H13FN2O5S. The van der Waals surface area contributed by atoms with Crippen LogP contribution in [0.5, 0.6) is 5.75 Å². The molecule has 0 fully saturated rings. The van der Waals surface area contributed by atoms with Crippen LogP contribution in [0.3, 0.4) is 0 Å². The topological polar surface area (TPSA) is 108 Å². The standard InChI is InChI=1S/C15H13FN2O5S/c1-22-11-3-2-8(6-10(11)16)15(21)23-7-12(19)18-14-9(13(17)20)4-5-24-14/h2-6H,7H2,1H3,(H2,17,20)(H,18,19). The van der Waals surface area contributed by atoms with Crippen LogP contribution in [0, 0.1) is 5.82 Å². The first-order valence-electron chi connectivity index (χ1n) is 6.60. The number of carbonyl (C=O) groups is 3. The Morgan fingerprint density at radius 2 is 2.04 bits per heavy atom. The molecule has 0 aliphatic carbocycles. The number of amides is 2. The lowest BCUT2D eigenvalue weighted by Crippen LogP contribution is -2.22. The molecule has 1 aromatic heterocycles. The number of nitrogens with one attached hydrogen (secondary N) is 1. The first-order chi connectivity index (χ1) is 11.4. The molecule has 24 heavy (non-hydrogen) atoms. The summed E-state index contributed by atoms with van der Waals surface area (Å²) in [6.07, 6.45) is 0. The third-order valence-electron chi connectivity index (χ3n) is 2.91. The van der Waals surface area contributed by atoms with Crippen LogP contribution in [-0.2, 0) is 9.53 Å². The molecule has 0 saturated heterocycles. The largest absolute Gasteiger partial charge is 0.494 e. The van der Waals surface area contributed by atoms with Crippen molar-refractivity contribution in [2.45, 2.75) is 0 Å². The van der Waals surface area contributed by atoms with Gasteiger partial charge in [0.15, 0.2) is 18.2 Å². The zero-order valence-corrected chi connectivity index (χ0v) is 13.3. The van der Waals surface area contributed by atoms with Crippen molar-refractivity contribution in [1.82, 2.24) is 0 Å². The van der Waals surface area contributed by atoms with Gasteiger partial charge in [-0.25, -0.2) is 9.18 Å². The Balaban J connectivity index is 1.94. The molecule has 2 rings (SSSR count). The third-order valence-corrected chi connectivity index (χ3v) is 3.74. The number of thiophene rings is 1. The highest BCUT2D eigenvalue weighted by atomic mass is 32.1. The fourth-order valence-electron chi connectivity index (χ4n) is 1.77. The quantitative estimate of drug-likeness (QED) is 0.771. The average molecular weight is 352 g/mol. The molecule has 7 nitrogen and oxygen atoms in total. The van der Waals surface area contributed by atoms with Gasteiger partial charge in [0.2, 0.25) is 0 Å². The molecule has 1 heterocycles. The number of rotatable bonds is 6. The number of anilines is 1. The van der Waals surface area contributed by atoms with E-state index in [0.717, 1.165) is 17.4 Å². The smallest absolute Gasteiger partial charge is 0.338 e. The molecule has 0 bridgehead atoms. The van der Waals surface area contributed by atoms with Crippen LogP contribution in [0.15, 0.2) is 29.6 Å². The van der Waals surface area contributed by atoms with Gasteiger partial charge in [0.25, 0.3) is 11.8 Å². The maximum atomic E-state index is 13.5. The molecule has 9 heteroatoms. The van der Waals surface area contributed by atoms with Gasteiger partial charge in [0.05, 0.1) is 18.2 Å². The first kappa shape index (κ1) is 17.4. The average Bonchev–Trinajstić information content (AvgIpc) is 3.00. The molecule has 2 amide bonds. The summed E-state index contributed by atoms with van der Waals surface area (Å²) in [7, 11) is 1.30. The Labute approximate surface area is 140 Å². The molecule has 0 aliphatic rings. The van der Waals surface area contributed by atoms with Gasteiger partial charge in [-0.1, -0.05) is 0 Å². The fourth-order valence-corrected chi connectivity index (χ4v) is 2.58. The SMILES string of the molecule is COc1ccc(C(=O)OCC(=O)Nc2sccc2C(N)=O)cc1F. The van der Waals surface area contributed by atoms with E-state index in [9.17, 15) is 18.8 Å². The van der Waals surface area contributed by atoms with Gasteiger partial charge < -0.3 is 20.5 Å².